The molecule has 8 nitrogen and oxygen atoms in total. The second kappa shape index (κ2) is 11.2. The molecular weight excluding hydrogens is 495 g/mol. The van der Waals surface area contributed by atoms with Crippen LogP contribution in [-0.2, 0) is 16.5 Å². The van der Waals surface area contributed by atoms with E-state index in [1.54, 1.807) is 62.2 Å². The standard InChI is InChI=1S/C27H28F3N7O/c1-26(2,34-12-11-31-3)22-9-7-20(14-23(22)27(28,29)30)36-25(38)19-13-18(15-32-16-19)6-8-21-17-33-24-5-4-10-35-37(21)24/h4-5,7,9-10,13-15,17,19,31,34H,11-12,16H2,1-3H3,(H,36,38). The van der Waals surface area contributed by atoms with Crippen molar-refractivity contribution in [3.8, 4) is 11.8 Å². The second-order valence-electron chi connectivity index (χ2n) is 9.31. The summed E-state index contributed by atoms with van der Waals surface area (Å²) in [6.07, 6.45) is 1.84. The minimum Gasteiger partial charge on any atom is -0.326 e. The Morgan fingerprint density at radius 3 is 2.74 bits per heavy atom. The number of likely N-dealkylation sites (N-methyl/N-ethyl adjacent to an activating group) is 1. The van der Waals surface area contributed by atoms with Gasteiger partial charge in [0.2, 0.25) is 5.91 Å². The van der Waals surface area contributed by atoms with Gasteiger partial charge in [0.25, 0.3) is 0 Å². The lowest BCUT2D eigenvalue weighted by atomic mass is 9.89. The van der Waals surface area contributed by atoms with E-state index in [1.165, 1.54) is 12.1 Å². The van der Waals surface area contributed by atoms with Crippen LogP contribution in [0.3, 0.4) is 0 Å². The molecule has 0 fully saturated rings. The number of benzene rings is 1. The SMILES string of the molecule is CNCCNC(C)(C)c1ccc(NC(=O)C2C=C(C#Cc3cnc4cccnn34)C=NC2)cc1C(F)(F)F. The van der Waals surface area contributed by atoms with Gasteiger partial charge in [-0.1, -0.05) is 18.1 Å². The molecular formula is C27H28F3N7O. The van der Waals surface area contributed by atoms with Crippen LogP contribution in [0.1, 0.15) is 30.7 Å². The van der Waals surface area contributed by atoms with Crippen molar-refractivity contribution in [2.75, 3.05) is 32.0 Å². The maximum absolute atomic E-state index is 14.0. The average molecular weight is 524 g/mol. The van der Waals surface area contributed by atoms with Crippen LogP contribution in [-0.4, -0.2) is 53.4 Å². The summed E-state index contributed by atoms with van der Waals surface area (Å²) in [5, 5.41) is 12.9. The zero-order valence-electron chi connectivity index (χ0n) is 21.2. The maximum Gasteiger partial charge on any atom is 0.416 e. The summed E-state index contributed by atoms with van der Waals surface area (Å²) in [6.45, 7) is 4.66. The largest absolute Gasteiger partial charge is 0.416 e. The van der Waals surface area contributed by atoms with Crippen LogP contribution in [0.15, 0.2) is 59.4 Å². The molecule has 3 heterocycles. The van der Waals surface area contributed by atoms with Crippen molar-refractivity contribution in [1.29, 1.82) is 0 Å². The minimum atomic E-state index is -4.59. The molecule has 3 aromatic rings. The fourth-order valence-electron chi connectivity index (χ4n) is 4.09. The summed E-state index contributed by atoms with van der Waals surface area (Å²) >= 11 is 0. The summed E-state index contributed by atoms with van der Waals surface area (Å²) in [5.74, 6) is 4.78. The molecule has 198 valence electrons. The molecule has 0 spiro atoms. The summed E-state index contributed by atoms with van der Waals surface area (Å²) in [6, 6.07) is 7.44. The van der Waals surface area contributed by atoms with Gasteiger partial charge in [-0.3, -0.25) is 9.79 Å². The number of dihydropyridines is 1. The van der Waals surface area contributed by atoms with E-state index in [-0.39, 0.29) is 17.8 Å². The fourth-order valence-corrected chi connectivity index (χ4v) is 4.09. The van der Waals surface area contributed by atoms with E-state index in [1.807, 2.05) is 0 Å². The first-order valence-corrected chi connectivity index (χ1v) is 12.0. The second-order valence-corrected chi connectivity index (χ2v) is 9.31. The molecule has 0 saturated heterocycles. The van der Waals surface area contributed by atoms with Crippen molar-refractivity contribution < 1.29 is 18.0 Å². The first-order valence-electron chi connectivity index (χ1n) is 12.0. The smallest absolute Gasteiger partial charge is 0.326 e. The number of hydrogen-bond donors (Lipinski definition) is 3. The third-order valence-corrected chi connectivity index (χ3v) is 6.07. The topological polar surface area (TPSA) is 95.7 Å². The number of allylic oxidation sites excluding steroid dienone is 1. The van der Waals surface area contributed by atoms with Crippen LogP contribution in [0.4, 0.5) is 18.9 Å². The predicted octanol–water partition coefficient (Wildman–Crippen LogP) is 3.41. The molecule has 1 amide bonds. The number of hydrogen-bond acceptors (Lipinski definition) is 6. The van der Waals surface area contributed by atoms with E-state index < -0.39 is 29.1 Å². The Hall–Kier alpha value is -4.01. The molecule has 3 N–H and O–H groups in total. The van der Waals surface area contributed by atoms with Gasteiger partial charge in [-0.2, -0.15) is 18.3 Å². The van der Waals surface area contributed by atoms with Crippen molar-refractivity contribution in [1.82, 2.24) is 25.2 Å². The number of carbonyl (C=O) groups is 1. The Kier molecular flexibility index (Phi) is 7.94. The molecule has 0 saturated carbocycles. The van der Waals surface area contributed by atoms with Gasteiger partial charge < -0.3 is 16.0 Å². The van der Waals surface area contributed by atoms with Crippen LogP contribution < -0.4 is 16.0 Å². The Morgan fingerprint density at radius 2 is 1.97 bits per heavy atom. The molecule has 11 heteroatoms. The van der Waals surface area contributed by atoms with E-state index >= 15 is 0 Å². The summed E-state index contributed by atoms with van der Waals surface area (Å²) in [5.41, 5.74) is 0.164. The lowest BCUT2D eigenvalue weighted by Gasteiger charge is -2.30. The number of carbonyl (C=O) groups excluding carboxylic acids is 1. The molecule has 1 aliphatic rings. The number of anilines is 1. The first-order chi connectivity index (χ1) is 18.1. The van der Waals surface area contributed by atoms with E-state index in [2.05, 4.69) is 42.9 Å². The first kappa shape index (κ1) is 27.0. The molecule has 0 aliphatic carbocycles. The number of aromatic nitrogens is 3. The lowest BCUT2D eigenvalue weighted by molar-refractivity contribution is -0.138. The molecule has 0 radical (unpaired) electrons. The van der Waals surface area contributed by atoms with Gasteiger partial charge in [0.05, 0.1) is 24.2 Å². The third kappa shape index (κ3) is 6.27. The van der Waals surface area contributed by atoms with E-state index in [4.69, 9.17) is 0 Å². The van der Waals surface area contributed by atoms with E-state index in [0.717, 1.165) is 6.07 Å². The van der Waals surface area contributed by atoms with Crippen LogP contribution in [0.2, 0.25) is 0 Å². The van der Waals surface area contributed by atoms with Gasteiger partial charge >= 0.3 is 6.18 Å². The molecule has 38 heavy (non-hydrogen) atoms. The van der Waals surface area contributed by atoms with Gasteiger partial charge in [0.1, 0.15) is 5.69 Å². The number of amides is 1. The van der Waals surface area contributed by atoms with E-state index in [0.29, 0.717) is 30.0 Å². The molecule has 2 aromatic heterocycles. The monoisotopic (exact) mass is 523 g/mol. The average Bonchev–Trinajstić information content (AvgIpc) is 3.30. The van der Waals surface area contributed by atoms with Gasteiger partial charge in [0.15, 0.2) is 5.65 Å². The van der Waals surface area contributed by atoms with Crippen molar-refractivity contribution in [2.45, 2.75) is 25.6 Å². The summed E-state index contributed by atoms with van der Waals surface area (Å²) in [7, 11) is 1.77. The molecule has 1 aliphatic heterocycles. The number of aliphatic imine (C=N–C) groups is 1. The normalized spacial score (nSPS) is 15.6. The minimum absolute atomic E-state index is 0.0597. The van der Waals surface area contributed by atoms with Crippen molar-refractivity contribution >= 4 is 23.5 Å². The third-order valence-electron chi connectivity index (χ3n) is 6.07. The summed E-state index contributed by atoms with van der Waals surface area (Å²) < 4.78 is 43.5. The quantitative estimate of drug-likeness (QED) is 0.326. The van der Waals surface area contributed by atoms with Crippen molar-refractivity contribution in [3.05, 3.63) is 71.2 Å². The zero-order chi connectivity index (χ0) is 27.3. The van der Waals surface area contributed by atoms with Crippen LogP contribution in [0.5, 0.6) is 0 Å². The number of nitrogens with one attached hydrogen (secondary N) is 3. The van der Waals surface area contributed by atoms with Crippen LogP contribution >= 0.6 is 0 Å². The number of imidazole rings is 1. The molecule has 1 aromatic carbocycles. The number of fused-ring (bicyclic) bond motifs is 1. The number of alkyl halides is 3. The number of halogens is 3. The fraction of sp³-hybridized carbons (Fsp3) is 0.333. The predicted molar refractivity (Wildman–Crippen MR) is 140 cm³/mol. The van der Waals surface area contributed by atoms with Gasteiger partial charge in [-0.25, -0.2) is 9.50 Å². The highest BCUT2D eigenvalue weighted by molar-refractivity contribution is 5.97. The summed E-state index contributed by atoms with van der Waals surface area (Å²) in [4.78, 5) is 21.4. The molecule has 1 unspecified atom stereocenters. The Bertz CT molecular complexity index is 1440. The highest BCUT2D eigenvalue weighted by Crippen LogP contribution is 2.38. The Balaban J connectivity index is 1.51. The molecule has 0 bridgehead atoms. The molecule has 1 atom stereocenters. The Morgan fingerprint density at radius 1 is 1.16 bits per heavy atom. The van der Waals surface area contributed by atoms with Crippen molar-refractivity contribution in [3.63, 3.8) is 0 Å². The lowest BCUT2D eigenvalue weighted by Crippen LogP contribution is -2.41. The Labute approximate surface area is 218 Å². The van der Waals surface area contributed by atoms with Crippen molar-refractivity contribution in [2.24, 2.45) is 10.9 Å². The van der Waals surface area contributed by atoms with Gasteiger partial charge in [-0.15, -0.1) is 0 Å². The maximum atomic E-state index is 14.0. The van der Waals surface area contributed by atoms with Crippen LogP contribution in [0.25, 0.3) is 5.65 Å². The van der Waals surface area contributed by atoms with Gasteiger partial charge in [-0.05, 0) is 56.6 Å². The van der Waals surface area contributed by atoms with Gasteiger partial charge in [0, 0.05) is 42.3 Å². The van der Waals surface area contributed by atoms with Crippen LogP contribution in [0, 0.1) is 17.8 Å². The molecule has 4 rings (SSSR count). The number of nitrogens with zero attached hydrogens (tertiary/aromatic N) is 4. The van der Waals surface area contributed by atoms with E-state index in [9.17, 15) is 18.0 Å². The zero-order valence-corrected chi connectivity index (χ0v) is 21.2. The highest BCUT2D eigenvalue weighted by Gasteiger charge is 2.38. The number of rotatable bonds is 7. The highest BCUT2D eigenvalue weighted by atomic mass is 19.4.